The molecule has 1 atom stereocenters. The molecule has 0 aliphatic carbocycles. The van der Waals surface area contributed by atoms with Gasteiger partial charge in [-0.2, -0.15) is 0 Å². The monoisotopic (exact) mass is 287 g/mol. The van der Waals surface area contributed by atoms with Crippen molar-refractivity contribution in [1.82, 2.24) is 9.88 Å². The second kappa shape index (κ2) is 7.04. The number of benzene rings is 1. The Labute approximate surface area is 124 Å². The third-order valence-electron chi connectivity index (χ3n) is 3.46. The normalized spacial score (nSPS) is 12.3. The summed E-state index contributed by atoms with van der Waals surface area (Å²) in [6.45, 7) is 5.93. The number of non-ortho nitro benzene ring substituents is 1. The van der Waals surface area contributed by atoms with Crippen molar-refractivity contribution in [3.63, 3.8) is 0 Å². The van der Waals surface area contributed by atoms with Crippen LogP contribution >= 0.6 is 0 Å². The van der Waals surface area contributed by atoms with Gasteiger partial charge in [-0.3, -0.25) is 10.1 Å². The van der Waals surface area contributed by atoms with Crippen LogP contribution in [0.25, 0.3) is 0 Å². The van der Waals surface area contributed by atoms with Crippen LogP contribution in [0.2, 0.25) is 0 Å². The van der Waals surface area contributed by atoms with Crippen LogP contribution in [-0.2, 0) is 6.54 Å². The molecule has 0 fully saturated rings. The maximum Gasteiger partial charge on any atom is 0.269 e. The molecule has 1 heterocycles. The third-order valence-corrected chi connectivity index (χ3v) is 3.46. The Morgan fingerprint density at radius 3 is 2.90 bits per heavy atom. The van der Waals surface area contributed by atoms with Crippen molar-refractivity contribution in [3.8, 4) is 0 Å². The van der Waals surface area contributed by atoms with Crippen LogP contribution in [0.1, 0.15) is 37.4 Å². The van der Waals surface area contributed by atoms with Gasteiger partial charge in [0.25, 0.3) is 5.69 Å². The molecule has 1 aromatic heterocycles. The van der Waals surface area contributed by atoms with Gasteiger partial charge in [0.2, 0.25) is 0 Å². The average Bonchev–Trinajstić information content (AvgIpc) is 2.93. The largest absolute Gasteiger partial charge is 0.350 e. The molecule has 0 saturated carbocycles. The molecule has 1 N–H and O–H groups in total. The molecule has 0 aliphatic heterocycles. The molecule has 1 unspecified atom stereocenters. The second-order valence-corrected chi connectivity index (χ2v) is 5.22. The number of aromatic nitrogens is 1. The summed E-state index contributed by atoms with van der Waals surface area (Å²) < 4.78 is 2.05. The average molecular weight is 287 g/mol. The molecule has 5 nitrogen and oxygen atoms in total. The molecule has 0 aliphatic rings. The Hall–Kier alpha value is -2.14. The van der Waals surface area contributed by atoms with Crippen molar-refractivity contribution in [3.05, 3.63) is 64.0 Å². The van der Waals surface area contributed by atoms with E-state index in [2.05, 4.69) is 36.0 Å². The van der Waals surface area contributed by atoms with Crippen molar-refractivity contribution in [2.24, 2.45) is 0 Å². The van der Waals surface area contributed by atoms with Crippen LogP contribution < -0.4 is 5.32 Å². The smallest absolute Gasteiger partial charge is 0.269 e. The Bertz CT molecular complexity index is 607. The minimum atomic E-state index is -0.360. The van der Waals surface area contributed by atoms with Crippen molar-refractivity contribution in [2.75, 3.05) is 6.54 Å². The van der Waals surface area contributed by atoms with Crippen LogP contribution in [-0.4, -0.2) is 16.0 Å². The zero-order valence-corrected chi connectivity index (χ0v) is 12.5. The maximum absolute atomic E-state index is 10.8. The topological polar surface area (TPSA) is 60.1 Å². The molecule has 0 amide bonds. The summed E-state index contributed by atoms with van der Waals surface area (Å²) in [6.07, 6.45) is 5.21. The van der Waals surface area contributed by atoms with Gasteiger partial charge < -0.3 is 9.88 Å². The molecule has 0 saturated heterocycles. The number of rotatable bonds is 7. The van der Waals surface area contributed by atoms with Gasteiger partial charge in [-0.1, -0.05) is 19.1 Å². The van der Waals surface area contributed by atoms with Crippen molar-refractivity contribution >= 4 is 5.69 Å². The van der Waals surface area contributed by atoms with E-state index in [0.29, 0.717) is 12.6 Å². The van der Waals surface area contributed by atoms with Gasteiger partial charge in [-0.15, -0.1) is 0 Å². The molecule has 2 rings (SSSR count). The van der Waals surface area contributed by atoms with Crippen LogP contribution in [0, 0.1) is 10.1 Å². The summed E-state index contributed by atoms with van der Waals surface area (Å²) in [5, 5.41) is 14.2. The molecule has 1 aromatic carbocycles. The van der Waals surface area contributed by atoms with E-state index in [1.807, 2.05) is 12.3 Å². The highest BCUT2D eigenvalue weighted by molar-refractivity contribution is 5.34. The first-order chi connectivity index (χ1) is 10.1. The molecule has 21 heavy (non-hydrogen) atoms. The predicted octanol–water partition coefficient (Wildman–Crippen LogP) is 3.51. The van der Waals surface area contributed by atoms with E-state index >= 15 is 0 Å². The minimum absolute atomic E-state index is 0.137. The first-order valence-electron chi connectivity index (χ1n) is 7.22. The van der Waals surface area contributed by atoms with Gasteiger partial charge in [-0.25, -0.2) is 0 Å². The summed E-state index contributed by atoms with van der Waals surface area (Å²) in [4.78, 5) is 10.4. The highest BCUT2D eigenvalue weighted by Gasteiger charge is 2.08. The van der Waals surface area contributed by atoms with Gasteiger partial charge in [0, 0.05) is 37.1 Å². The lowest BCUT2D eigenvalue weighted by Gasteiger charge is -2.11. The molecular weight excluding hydrogens is 266 g/mol. The molecule has 0 radical (unpaired) electrons. The summed E-state index contributed by atoms with van der Waals surface area (Å²) in [7, 11) is 0. The molecule has 2 aromatic rings. The predicted molar refractivity (Wildman–Crippen MR) is 83.3 cm³/mol. The van der Waals surface area contributed by atoms with Crippen molar-refractivity contribution in [2.45, 2.75) is 32.9 Å². The van der Waals surface area contributed by atoms with E-state index in [-0.39, 0.29) is 10.6 Å². The second-order valence-electron chi connectivity index (χ2n) is 5.22. The number of nitrogens with one attached hydrogen (secondary N) is 1. The number of nitro groups is 1. The maximum atomic E-state index is 10.8. The third kappa shape index (κ3) is 4.16. The number of nitro benzene ring substituents is 1. The van der Waals surface area contributed by atoms with Crippen molar-refractivity contribution < 1.29 is 4.92 Å². The summed E-state index contributed by atoms with van der Waals surface area (Å²) in [5.74, 6) is 0. The zero-order chi connectivity index (χ0) is 15.2. The van der Waals surface area contributed by atoms with E-state index in [4.69, 9.17) is 0 Å². The lowest BCUT2D eigenvalue weighted by Crippen LogP contribution is -2.18. The molecular formula is C16H21N3O2. The van der Waals surface area contributed by atoms with Crippen LogP contribution in [0.3, 0.4) is 0 Å². The Morgan fingerprint density at radius 1 is 1.38 bits per heavy atom. The molecule has 0 spiro atoms. The lowest BCUT2D eigenvalue weighted by molar-refractivity contribution is -0.384. The van der Waals surface area contributed by atoms with E-state index in [1.165, 1.54) is 11.6 Å². The fraction of sp³-hybridized carbons (Fsp3) is 0.375. The summed E-state index contributed by atoms with van der Waals surface area (Å²) >= 11 is 0. The number of nitrogens with zero attached hydrogens (tertiary/aromatic N) is 2. The Balaban J connectivity index is 2.05. The zero-order valence-electron chi connectivity index (χ0n) is 12.5. The van der Waals surface area contributed by atoms with Crippen LogP contribution in [0.15, 0.2) is 42.7 Å². The molecule has 0 bridgehead atoms. The fourth-order valence-electron chi connectivity index (χ4n) is 2.27. The van der Waals surface area contributed by atoms with E-state index in [9.17, 15) is 10.1 Å². The molecule has 5 heteroatoms. The first kappa shape index (κ1) is 15.3. The van der Waals surface area contributed by atoms with Gasteiger partial charge in [0.15, 0.2) is 0 Å². The first-order valence-corrected chi connectivity index (χ1v) is 7.22. The van der Waals surface area contributed by atoms with Crippen LogP contribution in [0.4, 0.5) is 5.69 Å². The van der Waals surface area contributed by atoms with Crippen LogP contribution in [0.5, 0.6) is 0 Å². The quantitative estimate of drug-likeness (QED) is 0.626. The van der Waals surface area contributed by atoms with E-state index in [1.54, 1.807) is 12.1 Å². The Kier molecular flexibility index (Phi) is 5.11. The lowest BCUT2D eigenvalue weighted by atomic mass is 10.2. The van der Waals surface area contributed by atoms with Gasteiger partial charge >= 0.3 is 0 Å². The van der Waals surface area contributed by atoms with E-state index in [0.717, 1.165) is 18.5 Å². The number of hydrogen-bond donors (Lipinski definition) is 1. The van der Waals surface area contributed by atoms with Crippen molar-refractivity contribution in [1.29, 1.82) is 0 Å². The minimum Gasteiger partial charge on any atom is -0.350 e. The Morgan fingerprint density at radius 2 is 2.19 bits per heavy atom. The number of hydrogen-bond acceptors (Lipinski definition) is 3. The highest BCUT2D eigenvalue weighted by atomic mass is 16.6. The van der Waals surface area contributed by atoms with Gasteiger partial charge in [0.05, 0.1) is 4.92 Å². The summed E-state index contributed by atoms with van der Waals surface area (Å²) in [6, 6.07) is 9.18. The van der Waals surface area contributed by atoms with E-state index < -0.39 is 0 Å². The van der Waals surface area contributed by atoms with Gasteiger partial charge in [-0.05, 0) is 37.1 Å². The van der Waals surface area contributed by atoms with Gasteiger partial charge in [0.1, 0.15) is 0 Å². The molecule has 112 valence electrons. The standard InChI is InChI=1S/C16H21N3O2/c1-3-8-17-13(2)15-7-9-18(12-15)11-14-5-4-6-16(10-14)19(20)21/h4-7,9-10,12-13,17H,3,8,11H2,1-2H3. The highest BCUT2D eigenvalue weighted by Crippen LogP contribution is 2.17. The fourth-order valence-corrected chi connectivity index (χ4v) is 2.27. The SMILES string of the molecule is CCCNC(C)c1ccn(Cc2cccc([N+](=O)[O-])c2)c1. The summed E-state index contributed by atoms with van der Waals surface area (Å²) in [5.41, 5.74) is 2.30.